The molecule has 0 spiro atoms. The highest BCUT2D eigenvalue weighted by molar-refractivity contribution is 9.10. The Hall–Kier alpha value is -1.56. The molecule has 0 aliphatic rings. The molecule has 0 saturated carbocycles. The van der Waals surface area contributed by atoms with E-state index in [1.807, 2.05) is 24.3 Å². The molecule has 0 aliphatic heterocycles. The first kappa shape index (κ1) is 15.8. The van der Waals surface area contributed by atoms with E-state index in [9.17, 15) is 0 Å². The minimum atomic E-state index is -0.140. The van der Waals surface area contributed by atoms with Crippen molar-refractivity contribution in [2.75, 3.05) is 14.2 Å². The highest BCUT2D eigenvalue weighted by Crippen LogP contribution is 2.34. The molecule has 0 heterocycles. The quantitative estimate of drug-likeness (QED) is 0.641. The topological polar surface area (TPSA) is 56.5 Å². The molecule has 0 bridgehead atoms. The molecule has 4 nitrogen and oxygen atoms in total. The van der Waals surface area contributed by atoms with Gasteiger partial charge in [-0.25, -0.2) is 5.43 Å². The number of benzene rings is 2. The van der Waals surface area contributed by atoms with E-state index in [1.54, 1.807) is 14.2 Å². The zero-order valence-corrected chi connectivity index (χ0v) is 13.9. The van der Waals surface area contributed by atoms with Crippen LogP contribution < -0.4 is 20.7 Å². The number of methoxy groups -OCH3 is 2. The molecule has 112 valence electrons. The Morgan fingerprint density at radius 3 is 2.38 bits per heavy atom. The fourth-order valence-corrected chi connectivity index (χ4v) is 2.76. The predicted octanol–water partition coefficient (Wildman–Crippen LogP) is 3.33. The predicted molar refractivity (Wildman–Crippen MR) is 87.6 cm³/mol. The van der Waals surface area contributed by atoms with E-state index in [4.69, 9.17) is 15.3 Å². The fraction of sp³-hybridized carbons (Fsp3) is 0.250. The molecule has 3 N–H and O–H groups in total. The van der Waals surface area contributed by atoms with Crippen LogP contribution in [0.25, 0.3) is 0 Å². The Labute approximate surface area is 133 Å². The zero-order chi connectivity index (χ0) is 15.4. The molecule has 0 radical (unpaired) electrons. The third kappa shape index (κ3) is 3.37. The Balaban J connectivity index is 2.48. The van der Waals surface area contributed by atoms with E-state index in [1.165, 1.54) is 5.56 Å². The number of ether oxygens (including phenoxy) is 2. The van der Waals surface area contributed by atoms with Gasteiger partial charge in [0.1, 0.15) is 0 Å². The maximum Gasteiger partial charge on any atom is 0.161 e. The SMILES string of the molecule is COc1ccc(C(NN)c2cc(C)ccc2Br)cc1OC. The first-order valence-electron chi connectivity index (χ1n) is 6.54. The second-order valence-corrected chi connectivity index (χ2v) is 5.59. The van der Waals surface area contributed by atoms with Crippen molar-refractivity contribution in [2.24, 2.45) is 5.84 Å². The van der Waals surface area contributed by atoms with Gasteiger partial charge in [0.2, 0.25) is 0 Å². The molecule has 1 unspecified atom stereocenters. The highest BCUT2D eigenvalue weighted by atomic mass is 79.9. The van der Waals surface area contributed by atoms with Crippen molar-refractivity contribution in [2.45, 2.75) is 13.0 Å². The van der Waals surface area contributed by atoms with Crippen molar-refractivity contribution in [1.29, 1.82) is 0 Å². The lowest BCUT2D eigenvalue weighted by molar-refractivity contribution is 0.354. The molecule has 2 aromatic rings. The lowest BCUT2D eigenvalue weighted by Gasteiger charge is -2.20. The number of nitrogens with two attached hydrogens (primary N) is 1. The van der Waals surface area contributed by atoms with Gasteiger partial charge >= 0.3 is 0 Å². The number of halogens is 1. The molecule has 0 amide bonds. The molecule has 0 saturated heterocycles. The van der Waals surface area contributed by atoms with Gasteiger partial charge < -0.3 is 9.47 Å². The first-order chi connectivity index (χ1) is 10.1. The molecule has 5 heteroatoms. The van der Waals surface area contributed by atoms with Crippen molar-refractivity contribution >= 4 is 15.9 Å². The van der Waals surface area contributed by atoms with Crippen LogP contribution >= 0.6 is 15.9 Å². The summed E-state index contributed by atoms with van der Waals surface area (Å²) >= 11 is 3.58. The summed E-state index contributed by atoms with van der Waals surface area (Å²) in [5.74, 6) is 7.15. The Kier molecular flexibility index (Phi) is 5.22. The van der Waals surface area contributed by atoms with Crippen LogP contribution in [0.15, 0.2) is 40.9 Å². The molecule has 0 aliphatic carbocycles. The lowest BCUT2D eigenvalue weighted by atomic mass is 9.97. The molecular weight excluding hydrogens is 332 g/mol. The molecule has 2 aromatic carbocycles. The molecule has 0 aromatic heterocycles. The summed E-state index contributed by atoms with van der Waals surface area (Å²) in [5.41, 5.74) is 6.12. The molecule has 21 heavy (non-hydrogen) atoms. The van der Waals surface area contributed by atoms with Gasteiger partial charge in [-0.15, -0.1) is 0 Å². The van der Waals surface area contributed by atoms with Crippen molar-refractivity contribution in [3.63, 3.8) is 0 Å². The van der Waals surface area contributed by atoms with Crippen LogP contribution in [-0.4, -0.2) is 14.2 Å². The average molecular weight is 351 g/mol. The maximum atomic E-state index is 5.77. The Bertz CT molecular complexity index is 632. The Morgan fingerprint density at radius 2 is 1.76 bits per heavy atom. The van der Waals surface area contributed by atoms with Crippen LogP contribution in [-0.2, 0) is 0 Å². The summed E-state index contributed by atoms with van der Waals surface area (Å²) in [6.07, 6.45) is 0. The molecule has 0 fully saturated rings. The number of nitrogens with one attached hydrogen (secondary N) is 1. The van der Waals surface area contributed by atoms with E-state index >= 15 is 0 Å². The minimum Gasteiger partial charge on any atom is -0.493 e. The van der Waals surface area contributed by atoms with Crippen LogP contribution in [0.3, 0.4) is 0 Å². The van der Waals surface area contributed by atoms with Crippen LogP contribution in [0, 0.1) is 6.92 Å². The minimum absolute atomic E-state index is 0.140. The van der Waals surface area contributed by atoms with Crippen LogP contribution in [0.5, 0.6) is 11.5 Å². The largest absolute Gasteiger partial charge is 0.493 e. The normalized spacial score (nSPS) is 12.0. The van der Waals surface area contributed by atoms with Gasteiger partial charge in [0.05, 0.1) is 20.3 Å². The number of hydrazine groups is 1. The van der Waals surface area contributed by atoms with Gasteiger partial charge in [-0.1, -0.05) is 39.7 Å². The van der Waals surface area contributed by atoms with Crippen molar-refractivity contribution in [3.05, 3.63) is 57.6 Å². The van der Waals surface area contributed by atoms with E-state index in [0.29, 0.717) is 11.5 Å². The number of rotatable bonds is 5. The van der Waals surface area contributed by atoms with Gasteiger partial charge in [-0.05, 0) is 36.2 Å². The molecule has 1 atom stereocenters. The van der Waals surface area contributed by atoms with Gasteiger partial charge in [0.15, 0.2) is 11.5 Å². The molecular formula is C16H19BrN2O2. The molecule has 2 rings (SSSR count). The maximum absolute atomic E-state index is 5.77. The van der Waals surface area contributed by atoms with Gasteiger partial charge in [-0.3, -0.25) is 5.84 Å². The van der Waals surface area contributed by atoms with Crippen LogP contribution in [0.2, 0.25) is 0 Å². The lowest BCUT2D eigenvalue weighted by Crippen LogP contribution is -2.29. The average Bonchev–Trinajstić information content (AvgIpc) is 2.51. The van der Waals surface area contributed by atoms with E-state index in [0.717, 1.165) is 15.6 Å². The zero-order valence-electron chi connectivity index (χ0n) is 12.3. The smallest absolute Gasteiger partial charge is 0.161 e. The van der Waals surface area contributed by atoms with E-state index in [2.05, 4.69) is 40.4 Å². The second kappa shape index (κ2) is 6.93. The monoisotopic (exact) mass is 350 g/mol. The van der Waals surface area contributed by atoms with E-state index < -0.39 is 0 Å². The standard InChI is InChI=1S/C16H19BrN2O2/c1-10-4-6-13(17)12(8-10)16(19-18)11-5-7-14(20-2)15(9-11)21-3/h4-9,16,19H,18H2,1-3H3. The summed E-state index contributed by atoms with van der Waals surface area (Å²) in [6, 6.07) is 11.8. The fourth-order valence-electron chi connectivity index (χ4n) is 2.28. The van der Waals surface area contributed by atoms with Crippen LogP contribution in [0.4, 0.5) is 0 Å². The van der Waals surface area contributed by atoms with Gasteiger partial charge in [0.25, 0.3) is 0 Å². The summed E-state index contributed by atoms with van der Waals surface area (Å²) in [4.78, 5) is 0. The Morgan fingerprint density at radius 1 is 1.05 bits per heavy atom. The number of hydrogen-bond acceptors (Lipinski definition) is 4. The summed E-state index contributed by atoms with van der Waals surface area (Å²) in [6.45, 7) is 2.05. The van der Waals surface area contributed by atoms with Gasteiger partial charge in [0, 0.05) is 4.47 Å². The van der Waals surface area contributed by atoms with Crippen LogP contribution in [0.1, 0.15) is 22.7 Å². The third-order valence-corrected chi connectivity index (χ3v) is 4.09. The van der Waals surface area contributed by atoms with Crippen molar-refractivity contribution in [3.8, 4) is 11.5 Å². The summed E-state index contributed by atoms with van der Waals surface area (Å²) in [5, 5.41) is 0. The second-order valence-electron chi connectivity index (χ2n) is 4.74. The highest BCUT2D eigenvalue weighted by Gasteiger charge is 2.17. The number of aryl methyl sites for hydroxylation is 1. The summed E-state index contributed by atoms with van der Waals surface area (Å²) in [7, 11) is 3.24. The van der Waals surface area contributed by atoms with E-state index in [-0.39, 0.29) is 6.04 Å². The first-order valence-corrected chi connectivity index (χ1v) is 7.34. The third-order valence-electron chi connectivity index (χ3n) is 3.37. The van der Waals surface area contributed by atoms with Crippen molar-refractivity contribution in [1.82, 2.24) is 5.43 Å². The summed E-state index contributed by atoms with van der Waals surface area (Å²) < 4.78 is 11.6. The van der Waals surface area contributed by atoms with Gasteiger partial charge in [-0.2, -0.15) is 0 Å². The number of hydrogen-bond donors (Lipinski definition) is 2. The van der Waals surface area contributed by atoms with Crippen molar-refractivity contribution < 1.29 is 9.47 Å².